The maximum atomic E-state index is 9.02. The van der Waals surface area contributed by atoms with Crippen LogP contribution >= 0.6 is 0 Å². The van der Waals surface area contributed by atoms with Gasteiger partial charge < -0.3 is 14.6 Å². The van der Waals surface area contributed by atoms with Gasteiger partial charge >= 0.3 is 0 Å². The number of hydrogen-bond acceptors (Lipinski definition) is 3. The number of ether oxygens (including phenoxy) is 2. The summed E-state index contributed by atoms with van der Waals surface area (Å²) in [6, 6.07) is 0. The van der Waals surface area contributed by atoms with Crippen LogP contribution in [0.15, 0.2) is 24.0 Å². The van der Waals surface area contributed by atoms with Gasteiger partial charge in [0.05, 0.1) is 12.7 Å². The van der Waals surface area contributed by atoms with Crippen LogP contribution in [0.5, 0.6) is 0 Å². The van der Waals surface area contributed by atoms with E-state index in [9.17, 15) is 0 Å². The lowest BCUT2D eigenvalue weighted by molar-refractivity contribution is -0.165. The summed E-state index contributed by atoms with van der Waals surface area (Å²) in [5.41, 5.74) is 0. The lowest BCUT2D eigenvalue weighted by atomic mass is 10.1. The lowest BCUT2D eigenvalue weighted by Gasteiger charge is -2.22. The van der Waals surface area contributed by atoms with Crippen molar-refractivity contribution in [1.82, 2.24) is 0 Å². The van der Waals surface area contributed by atoms with Crippen LogP contribution in [-0.4, -0.2) is 23.6 Å². The second kappa shape index (κ2) is 5.10. The molecule has 1 saturated heterocycles. The molecule has 0 saturated carbocycles. The molecule has 0 amide bonds. The Labute approximate surface area is 101 Å². The number of allylic oxidation sites excluding steroid dienone is 2. The van der Waals surface area contributed by atoms with E-state index in [0.29, 0.717) is 5.76 Å². The largest absolute Gasteiger partial charge is 0.458 e. The second-order valence-corrected chi connectivity index (χ2v) is 3.90. The van der Waals surface area contributed by atoms with Crippen LogP contribution in [0.25, 0.3) is 0 Å². The van der Waals surface area contributed by atoms with Crippen LogP contribution in [0.3, 0.4) is 0 Å². The molecule has 2 aliphatic rings. The molecule has 0 aromatic rings. The van der Waals surface area contributed by atoms with Crippen molar-refractivity contribution in [3.63, 3.8) is 0 Å². The highest BCUT2D eigenvalue weighted by atomic mass is 16.7. The van der Waals surface area contributed by atoms with Crippen molar-refractivity contribution in [2.75, 3.05) is 6.61 Å². The Balaban J connectivity index is 1.99. The summed E-state index contributed by atoms with van der Waals surface area (Å²) >= 11 is 0. The summed E-state index contributed by atoms with van der Waals surface area (Å²) in [4.78, 5) is 0. The van der Waals surface area contributed by atoms with Crippen LogP contribution in [0.4, 0.5) is 0 Å². The van der Waals surface area contributed by atoms with Gasteiger partial charge in [-0.15, -0.1) is 0 Å². The minimum Gasteiger partial charge on any atom is -0.458 e. The average Bonchev–Trinajstić information content (AvgIpc) is 2.93. The quantitative estimate of drug-likeness (QED) is 0.691. The number of aliphatic hydroxyl groups is 1. The number of rotatable bonds is 1. The third-order valence-corrected chi connectivity index (χ3v) is 2.65. The summed E-state index contributed by atoms with van der Waals surface area (Å²) < 4.78 is 11.3. The van der Waals surface area contributed by atoms with Gasteiger partial charge in [-0.3, -0.25) is 0 Å². The Bertz CT molecular complexity index is 467. The first-order valence-corrected chi connectivity index (χ1v) is 5.57. The minimum atomic E-state index is -0.683. The van der Waals surface area contributed by atoms with E-state index < -0.39 is 5.79 Å². The highest BCUT2D eigenvalue weighted by Crippen LogP contribution is 2.38. The van der Waals surface area contributed by atoms with Gasteiger partial charge in [0.15, 0.2) is 0 Å². The average molecular weight is 230 g/mol. The minimum absolute atomic E-state index is 0.0316. The molecular weight excluding hydrogens is 216 g/mol. The molecule has 1 spiro atoms. The van der Waals surface area contributed by atoms with E-state index in [4.69, 9.17) is 14.6 Å². The zero-order valence-electron chi connectivity index (χ0n) is 9.69. The van der Waals surface area contributed by atoms with Crippen molar-refractivity contribution >= 4 is 0 Å². The Hall–Kier alpha value is -1.68. The Kier molecular flexibility index (Phi) is 3.54. The van der Waals surface area contributed by atoms with Gasteiger partial charge in [0, 0.05) is 12.5 Å². The molecule has 88 valence electrons. The molecular formula is C14H14O3. The smallest absolute Gasteiger partial charge is 0.231 e. The fourth-order valence-electron chi connectivity index (χ4n) is 1.85. The van der Waals surface area contributed by atoms with Gasteiger partial charge in [-0.2, -0.15) is 0 Å². The summed E-state index contributed by atoms with van der Waals surface area (Å²) in [7, 11) is 0. The zero-order valence-corrected chi connectivity index (χ0v) is 9.69. The summed E-state index contributed by atoms with van der Waals surface area (Å²) in [6.07, 6.45) is 6.83. The van der Waals surface area contributed by atoms with Crippen LogP contribution in [-0.2, 0) is 9.47 Å². The molecule has 0 aromatic carbocycles. The fraction of sp³-hybridized carbons (Fsp3) is 0.429. The van der Waals surface area contributed by atoms with Crippen molar-refractivity contribution in [3.8, 4) is 23.7 Å². The van der Waals surface area contributed by atoms with Gasteiger partial charge in [0.2, 0.25) is 5.79 Å². The maximum absolute atomic E-state index is 9.02. The Morgan fingerprint density at radius 2 is 2.47 bits per heavy atom. The molecule has 3 nitrogen and oxygen atoms in total. The molecule has 0 unspecified atom stereocenters. The van der Waals surface area contributed by atoms with Crippen LogP contribution in [0.2, 0.25) is 0 Å². The monoisotopic (exact) mass is 230 g/mol. The van der Waals surface area contributed by atoms with Gasteiger partial charge in [0.1, 0.15) is 5.76 Å². The van der Waals surface area contributed by atoms with Crippen molar-refractivity contribution in [2.45, 2.75) is 31.7 Å². The number of hydrogen-bond donors (Lipinski definition) is 1. The lowest BCUT2D eigenvalue weighted by Crippen LogP contribution is -2.27. The van der Waals surface area contributed by atoms with E-state index in [2.05, 4.69) is 23.7 Å². The zero-order chi connectivity index (χ0) is 12.1. The van der Waals surface area contributed by atoms with E-state index in [-0.39, 0.29) is 12.7 Å². The van der Waals surface area contributed by atoms with Crippen LogP contribution < -0.4 is 0 Å². The first-order valence-electron chi connectivity index (χ1n) is 5.57. The number of aliphatic hydroxyl groups excluding tert-OH is 1. The molecule has 17 heavy (non-hydrogen) atoms. The molecule has 2 heterocycles. The van der Waals surface area contributed by atoms with E-state index in [1.807, 2.05) is 12.2 Å². The predicted octanol–water partition coefficient (Wildman–Crippen LogP) is 1.35. The molecule has 0 aliphatic carbocycles. The van der Waals surface area contributed by atoms with E-state index >= 15 is 0 Å². The van der Waals surface area contributed by atoms with Gasteiger partial charge in [-0.25, -0.2) is 0 Å². The topological polar surface area (TPSA) is 38.7 Å². The predicted molar refractivity (Wildman–Crippen MR) is 63.5 cm³/mol. The highest BCUT2D eigenvalue weighted by molar-refractivity contribution is 5.35. The van der Waals surface area contributed by atoms with Crippen molar-refractivity contribution in [1.29, 1.82) is 0 Å². The Morgan fingerprint density at radius 3 is 3.18 bits per heavy atom. The molecule has 1 N–H and O–H groups in total. The molecule has 0 radical (unpaired) electrons. The third kappa shape index (κ3) is 2.71. The first kappa shape index (κ1) is 11.8. The van der Waals surface area contributed by atoms with Gasteiger partial charge in [-0.05, 0) is 37.3 Å². The summed E-state index contributed by atoms with van der Waals surface area (Å²) in [5, 5.41) is 9.02. The maximum Gasteiger partial charge on any atom is 0.231 e. The van der Waals surface area contributed by atoms with Crippen molar-refractivity contribution in [3.05, 3.63) is 24.0 Å². The van der Waals surface area contributed by atoms with Gasteiger partial charge in [0.25, 0.3) is 0 Å². The summed E-state index contributed by atoms with van der Waals surface area (Å²) in [5.74, 6) is 10.8. The molecule has 2 rings (SSSR count). The molecule has 3 heteroatoms. The standard InChI is InChI=1S/C14H14O3/c1-2-3-4-5-6-12-7-9-14(16-12)10-8-13(11-15)17-14/h6-7,9,13,15H,8,10-11H2,1H3/t13-,14+/m0/s1. The second-order valence-electron chi connectivity index (χ2n) is 3.90. The van der Waals surface area contributed by atoms with Crippen molar-refractivity contribution in [2.24, 2.45) is 0 Å². The Morgan fingerprint density at radius 1 is 1.59 bits per heavy atom. The van der Waals surface area contributed by atoms with E-state index in [1.165, 1.54) is 0 Å². The van der Waals surface area contributed by atoms with Crippen molar-refractivity contribution < 1.29 is 14.6 Å². The molecule has 0 bridgehead atoms. The van der Waals surface area contributed by atoms with Crippen LogP contribution in [0.1, 0.15) is 19.8 Å². The molecule has 2 atom stereocenters. The SMILES string of the molecule is CC#CC#CC=C1C=C[C@@]2(CC[C@@H](CO)O2)O1. The van der Waals surface area contributed by atoms with Crippen LogP contribution in [0, 0.1) is 23.7 Å². The molecule has 2 aliphatic heterocycles. The first-order chi connectivity index (χ1) is 8.28. The normalized spacial score (nSPS) is 31.9. The van der Waals surface area contributed by atoms with Gasteiger partial charge in [-0.1, -0.05) is 11.8 Å². The van der Waals surface area contributed by atoms with E-state index in [1.54, 1.807) is 13.0 Å². The summed E-state index contributed by atoms with van der Waals surface area (Å²) in [6.45, 7) is 1.77. The third-order valence-electron chi connectivity index (χ3n) is 2.65. The highest BCUT2D eigenvalue weighted by Gasteiger charge is 2.42. The fourth-order valence-corrected chi connectivity index (χ4v) is 1.85. The molecule has 1 fully saturated rings. The van der Waals surface area contributed by atoms with E-state index in [0.717, 1.165) is 12.8 Å². The molecule has 0 aromatic heterocycles.